The monoisotopic (exact) mass is 292 g/mol. The molecule has 0 radical (unpaired) electrons. The van der Waals surface area contributed by atoms with E-state index in [0.29, 0.717) is 21.9 Å². The third-order valence-corrected chi connectivity index (χ3v) is 4.21. The molecule has 0 aliphatic heterocycles. The van der Waals surface area contributed by atoms with E-state index in [1.54, 1.807) is 0 Å². The molecule has 1 amide bonds. The highest BCUT2D eigenvalue weighted by Gasteiger charge is 2.21. The van der Waals surface area contributed by atoms with Crippen molar-refractivity contribution < 1.29 is 4.79 Å². The molecule has 0 aliphatic rings. The molecule has 0 atom stereocenters. The molecule has 0 bridgehead atoms. The van der Waals surface area contributed by atoms with Crippen LogP contribution in [-0.4, -0.2) is 22.6 Å². The third-order valence-electron chi connectivity index (χ3n) is 3.12. The van der Waals surface area contributed by atoms with Gasteiger partial charge in [0.05, 0.1) is 11.4 Å². The Morgan fingerprint density at radius 2 is 1.95 bits per heavy atom. The maximum atomic E-state index is 12.2. The van der Waals surface area contributed by atoms with Crippen molar-refractivity contribution in [3.8, 4) is 0 Å². The van der Waals surface area contributed by atoms with Crippen molar-refractivity contribution in [2.45, 2.75) is 34.6 Å². The molecule has 0 unspecified atom stereocenters. The Labute approximate surface area is 122 Å². The first-order valence-electron chi connectivity index (χ1n) is 6.51. The summed E-state index contributed by atoms with van der Waals surface area (Å²) in [5, 5.41) is 12.0. The van der Waals surface area contributed by atoms with Gasteiger partial charge in [0.2, 0.25) is 0 Å². The summed E-state index contributed by atoms with van der Waals surface area (Å²) in [6.45, 7) is 10.6. The first-order chi connectivity index (χ1) is 9.20. The molecular formula is C14H20N4OS. The van der Waals surface area contributed by atoms with Gasteiger partial charge < -0.3 is 11.1 Å². The highest BCUT2D eigenvalue weighted by atomic mass is 32.1. The van der Waals surface area contributed by atoms with Gasteiger partial charge in [0.1, 0.15) is 9.71 Å². The van der Waals surface area contributed by atoms with Gasteiger partial charge in [-0.05, 0) is 24.8 Å². The fourth-order valence-electron chi connectivity index (χ4n) is 1.83. The second kappa shape index (κ2) is 5.01. The summed E-state index contributed by atoms with van der Waals surface area (Å²) < 4.78 is 0. The number of nitrogens with two attached hydrogens (primary N) is 1. The fourth-order valence-corrected chi connectivity index (χ4v) is 2.85. The number of thiophene rings is 1. The minimum atomic E-state index is -0.141. The van der Waals surface area contributed by atoms with Crippen LogP contribution in [0, 0.1) is 19.3 Å². The Hall–Kier alpha value is -1.69. The number of nitrogens with one attached hydrogen (secondary N) is 1. The highest BCUT2D eigenvalue weighted by Crippen LogP contribution is 2.34. The first-order valence-corrected chi connectivity index (χ1v) is 7.32. The van der Waals surface area contributed by atoms with Crippen LogP contribution in [0.25, 0.3) is 10.2 Å². The molecule has 20 heavy (non-hydrogen) atoms. The zero-order valence-corrected chi connectivity index (χ0v) is 13.3. The van der Waals surface area contributed by atoms with Crippen molar-refractivity contribution in [1.29, 1.82) is 0 Å². The van der Waals surface area contributed by atoms with Crippen LogP contribution in [0.4, 0.5) is 5.69 Å². The molecule has 0 aromatic carbocycles. The quantitative estimate of drug-likeness (QED) is 0.891. The van der Waals surface area contributed by atoms with Crippen LogP contribution in [0.1, 0.15) is 41.7 Å². The van der Waals surface area contributed by atoms with Gasteiger partial charge in [0.25, 0.3) is 5.91 Å². The molecule has 2 heterocycles. The lowest BCUT2D eigenvalue weighted by atomic mass is 9.97. The van der Waals surface area contributed by atoms with E-state index in [9.17, 15) is 4.79 Å². The molecule has 2 rings (SSSR count). The number of carbonyl (C=O) groups is 1. The lowest BCUT2D eigenvalue weighted by Crippen LogP contribution is -2.32. The molecule has 2 aromatic rings. The number of rotatable bonds is 2. The number of anilines is 1. The predicted octanol–water partition coefficient (Wildman–Crippen LogP) is 2.67. The van der Waals surface area contributed by atoms with Crippen LogP contribution in [0.15, 0.2) is 0 Å². The summed E-state index contributed by atoms with van der Waals surface area (Å²) in [6.07, 6.45) is 0. The van der Waals surface area contributed by atoms with Gasteiger partial charge in [-0.1, -0.05) is 20.8 Å². The zero-order valence-electron chi connectivity index (χ0n) is 12.5. The SMILES string of the molecule is Cc1nnc2sc(C(=O)NCC(C)(C)C)c(N)c2c1C. The van der Waals surface area contributed by atoms with Gasteiger partial charge in [-0.15, -0.1) is 16.4 Å². The van der Waals surface area contributed by atoms with Gasteiger partial charge in [-0.3, -0.25) is 4.79 Å². The van der Waals surface area contributed by atoms with Crippen LogP contribution in [0.3, 0.4) is 0 Å². The predicted molar refractivity (Wildman–Crippen MR) is 83.1 cm³/mol. The Morgan fingerprint density at radius 3 is 2.55 bits per heavy atom. The Kier molecular flexibility index (Phi) is 3.69. The summed E-state index contributed by atoms with van der Waals surface area (Å²) in [5.41, 5.74) is 8.49. The number of aryl methyl sites for hydroxylation is 2. The van der Waals surface area contributed by atoms with E-state index in [1.165, 1.54) is 11.3 Å². The van der Waals surface area contributed by atoms with E-state index in [1.807, 2.05) is 13.8 Å². The average Bonchev–Trinajstić information content (AvgIpc) is 2.68. The number of carbonyl (C=O) groups excluding carboxylic acids is 1. The summed E-state index contributed by atoms with van der Waals surface area (Å²) in [7, 11) is 0. The normalized spacial score (nSPS) is 11.8. The van der Waals surface area contributed by atoms with Crippen molar-refractivity contribution in [3.63, 3.8) is 0 Å². The number of amides is 1. The molecule has 0 saturated heterocycles. The molecule has 0 fully saturated rings. The lowest BCUT2D eigenvalue weighted by molar-refractivity contribution is 0.0944. The van der Waals surface area contributed by atoms with Gasteiger partial charge >= 0.3 is 0 Å². The van der Waals surface area contributed by atoms with Gasteiger partial charge in [0.15, 0.2) is 0 Å². The van der Waals surface area contributed by atoms with Crippen molar-refractivity contribution in [2.75, 3.05) is 12.3 Å². The smallest absolute Gasteiger partial charge is 0.263 e. The molecule has 0 spiro atoms. The van der Waals surface area contributed by atoms with Crippen LogP contribution in [-0.2, 0) is 0 Å². The van der Waals surface area contributed by atoms with Crippen molar-refractivity contribution >= 4 is 33.1 Å². The third kappa shape index (κ3) is 2.75. The molecular weight excluding hydrogens is 272 g/mol. The lowest BCUT2D eigenvalue weighted by Gasteiger charge is -2.18. The van der Waals surface area contributed by atoms with E-state index in [-0.39, 0.29) is 11.3 Å². The Bertz CT molecular complexity index is 670. The molecule has 0 aliphatic carbocycles. The van der Waals surface area contributed by atoms with Crippen molar-refractivity contribution in [1.82, 2.24) is 15.5 Å². The minimum Gasteiger partial charge on any atom is -0.397 e. The fraction of sp³-hybridized carbons (Fsp3) is 0.500. The number of hydrogen-bond donors (Lipinski definition) is 2. The van der Waals surface area contributed by atoms with Crippen LogP contribution in [0.5, 0.6) is 0 Å². The molecule has 3 N–H and O–H groups in total. The number of nitrogens with zero attached hydrogens (tertiary/aromatic N) is 2. The van der Waals surface area contributed by atoms with Crippen LogP contribution < -0.4 is 11.1 Å². The van der Waals surface area contributed by atoms with Crippen LogP contribution >= 0.6 is 11.3 Å². The van der Waals surface area contributed by atoms with Gasteiger partial charge in [0, 0.05) is 11.9 Å². The standard InChI is InChI=1S/C14H20N4OS/c1-7-8(2)17-18-13-9(7)10(15)11(20-13)12(19)16-6-14(3,4)5/h6,15H2,1-5H3,(H,16,19). The van der Waals surface area contributed by atoms with Crippen LogP contribution in [0.2, 0.25) is 0 Å². The zero-order chi connectivity index (χ0) is 15.1. The second-order valence-electron chi connectivity index (χ2n) is 6.18. The Balaban J connectivity index is 2.39. The van der Waals surface area contributed by atoms with E-state index >= 15 is 0 Å². The maximum Gasteiger partial charge on any atom is 0.263 e. The number of nitrogen functional groups attached to an aromatic ring is 1. The number of fused-ring (bicyclic) bond motifs is 1. The number of hydrogen-bond acceptors (Lipinski definition) is 5. The first kappa shape index (κ1) is 14.7. The summed E-state index contributed by atoms with van der Waals surface area (Å²) in [4.78, 5) is 13.5. The van der Waals surface area contributed by atoms with Gasteiger partial charge in [-0.25, -0.2) is 0 Å². The largest absolute Gasteiger partial charge is 0.397 e. The van der Waals surface area contributed by atoms with E-state index in [4.69, 9.17) is 5.73 Å². The van der Waals surface area contributed by atoms with E-state index < -0.39 is 0 Å². The summed E-state index contributed by atoms with van der Waals surface area (Å²) in [5.74, 6) is -0.141. The van der Waals surface area contributed by atoms with E-state index in [0.717, 1.165) is 16.6 Å². The topological polar surface area (TPSA) is 80.9 Å². The van der Waals surface area contributed by atoms with E-state index in [2.05, 4.69) is 36.3 Å². The van der Waals surface area contributed by atoms with Crippen molar-refractivity contribution in [3.05, 3.63) is 16.1 Å². The average molecular weight is 292 g/mol. The summed E-state index contributed by atoms with van der Waals surface area (Å²) in [6, 6.07) is 0. The summed E-state index contributed by atoms with van der Waals surface area (Å²) >= 11 is 1.29. The molecule has 108 valence electrons. The van der Waals surface area contributed by atoms with Crippen molar-refractivity contribution in [2.24, 2.45) is 5.41 Å². The second-order valence-corrected chi connectivity index (χ2v) is 7.18. The molecule has 2 aromatic heterocycles. The highest BCUT2D eigenvalue weighted by molar-refractivity contribution is 7.21. The number of aromatic nitrogens is 2. The molecule has 5 nitrogen and oxygen atoms in total. The maximum absolute atomic E-state index is 12.2. The van der Waals surface area contributed by atoms with Gasteiger partial charge in [-0.2, -0.15) is 5.10 Å². The Morgan fingerprint density at radius 1 is 1.30 bits per heavy atom. The molecule has 6 heteroatoms. The minimum absolute atomic E-state index is 0.0351. The molecule has 0 saturated carbocycles.